The number of aromatic carboxylic acids is 1. The average Bonchev–Trinajstić information content (AvgIpc) is 2.88. The third-order valence-electron chi connectivity index (χ3n) is 2.82. The molecule has 2 N–H and O–H groups in total. The van der Waals surface area contributed by atoms with Crippen LogP contribution in [0.25, 0.3) is 0 Å². The van der Waals surface area contributed by atoms with E-state index in [1.807, 2.05) is 0 Å². The van der Waals surface area contributed by atoms with Crippen molar-refractivity contribution in [3.05, 3.63) is 52.0 Å². The third-order valence-corrected chi connectivity index (χ3v) is 5.43. The zero-order chi connectivity index (χ0) is 15.6. The van der Waals surface area contributed by atoms with Crippen molar-refractivity contribution in [3.8, 4) is 0 Å². The van der Waals surface area contributed by atoms with Crippen LogP contribution < -0.4 is 4.72 Å². The summed E-state index contributed by atoms with van der Waals surface area (Å²) < 4.78 is 40.4. The van der Waals surface area contributed by atoms with Gasteiger partial charge in [-0.3, -0.25) is 0 Å². The van der Waals surface area contributed by atoms with Crippen molar-refractivity contribution in [2.24, 2.45) is 0 Å². The number of rotatable bonds is 5. The molecule has 0 aliphatic rings. The van der Waals surface area contributed by atoms with Gasteiger partial charge in [0.15, 0.2) is 0 Å². The van der Waals surface area contributed by atoms with Crippen LogP contribution in [-0.4, -0.2) is 19.5 Å². The van der Waals surface area contributed by atoms with Gasteiger partial charge in [-0.15, -0.1) is 11.3 Å². The Balaban J connectivity index is 2.32. The number of carboxylic acid groups (broad SMARTS) is 1. The van der Waals surface area contributed by atoms with E-state index in [0.29, 0.717) is 0 Å². The van der Waals surface area contributed by atoms with Gasteiger partial charge in [-0.1, -0.05) is 18.2 Å². The molecular formula is C13H12FNO4S2. The van der Waals surface area contributed by atoms with Crippen molar-refractivity contribution in [1.29, 1.82) is 0 Å². The van der Waals surface area contributed by atoms with Gasteiger partial charge in [0.25, 0.3) is 0 Å². The number of carbonyl (C=O) groups is 1. The minimum absolute atomic E-state index is 0.188. The summed E-state index contributed by atoms with van der Waals surface area (Å²) in [6.07, 6.45) is 0. The van der Waals surface area contributed by atoms with Crippen molar-refractivity contribution >= 4 is 27.3 Å². The second-order valence-corrected chi connectivity index (χ2v) is 6.88. The van der Waals surface area contributed by atoms with Crippen LogP contribution >= 0.6 is 11.3 Å². The van der Waals surface area contributed by atoms with Crippen LogP contribution in [0.1, 0.15) is 28.2 Å². The maximum atomic E-state index is 13.6. The molecule has 0 spiro atoms. The van der Waals surface area contributed by atoms with Crippen molar-refractivity contribution in [3.63, 3.8) is 0 Å². The molecule has 0 radical (unpaired) electrons. The minimum atomic E-state index is -4.04. The quantitative estimate of drug-likeness (QED) is 0.883. The van der Waals surface area contributed by atoms with Gasteiger partial charge in [0.05, 0.1) is 0 Å². The number of thiophene rings is 1. The minimum Gasteiger partial charge on any atom is -0.477 e. The number of nitrogens with one attached hydrogen (secondary N) is 1. The lowest BCUT2D eigenvalue weighted by Crippen LogP contribution is -2.28. The largest absolute Gasteiger partial charge is 0.477 e. The molecule has 0 aliphatic heterocycles. The SMILES string of the molecule is CC(NS(=O)(=O)c1ccsc1C(=O)O)c1ccccc1F. The number of sulfonamides is 1. The Bertz CT molecular complexity index is 770. The van der Waals surface area contributed by atoms with E-state index in [2.05, 4.69) is 4.72 Å². The molecule has 8 heteroatoms. The van der Waals surface area contributed by atoms with E-state index in [9.17, 15) is 17.6 Å². The monoisotopic (exact) mass is 329 g/mol. The Morgan fingerprint density at radius 3 is 2.62 bits per heavy atom. The molecule has 0 saturated heterocycles. The zero-order valence-corrected chi connectivity index (χ0v) is 12.5. The van der Waals surface area contributed by atoms with E-state index in [1.54, 1.807) is 6.07 Å². The molecule has 2 aromatic rings. The number of carboxylic acids is 1. The molecule has 1 atom stereocenters. The lowest BCUT2D eigenvalue weighted by molar-refractivity contribution is 0.0698. The topological polar surface area (TPSA) is 83.5 Å². The summed E-state index contributed by atoms with van der Waals surface area (Å²) in [5.74, 6) is -1.85. The summed E-state index contributed by atoms with van der Waals surface area (Å²) in [6.45, 7) is 1.49. The molecule has 0 bridgehead atoms. The van der Waals surface area contributed by atoms with Crippen LogP contribution in [0.3, 0.4) is 0 Å². The fraction of sp³-hybridized carbons (Fsp3) is 0.154. The van der Waals surface area contributed by atoms with E-state index >= 15 is 0 Å². The molecule has 112 valence electrons. The van der Waals surface area contributed by atoms with Gasteiger partial charge in [0.2, 0.25) is 10.0 Å². The Morgan fingerprint density at radius 1 is 1.33 bits per heavy atom. The summed E-state index contributed by atoms with van der Waals surface area (Å²) in [5.41, 5.74) is 0.188. The van der Waals surface area contributed by atoms with Crippen molar-refractivity contribution in [2.45, 2.75) is 17.9 Å². The van der Waals surface area contributed by atoms with Gasteiger partial charge in [-0.25, -0.2) is 22.3 Å². The van der Waals surface area contributed by atoms with Crippen LogP contribution in [0, 0.1) is 5.82 Å². The highest BCUT2D eigenvalue weighted by Crippen LogP contribution is 2.24. The van der Waals surface area contributed by atoms with Gasteiger partial charge >= 0.3 is 5.97 Å². The maximum Gasteiger partial charge on any atom is 0.347 e. The molecule has 0 saturated carbocycles. The van der Waals surface area contributed by atoms with Crippen LogP contribution in [-0.2, 0) is 10.0 Å². The van der Waals surface area contributed by atoms with Crippen LogP contribution in [0.2, 0.25) is 0 Å². The standard InChI is InChI=1S/C13H12FNO4S2/c1-8(9-4-2-3-5-10(9)14)15-21(18,19)11-6-7-20-12(11)13(16)17/h2-8,15H,1H3,(H,16,17). The van der Waals surface area contributed by atoms with E-state index in [1.165, 1.54) is 36.6 Å². The maximum absolute atomic E-state index is 13.6. The normalized spacial score (nSPS) is 13.0. The highest BCUT2D eigenvalue weighted by atomic mass is 32.2. The van der Waals surface area contributed by atoms with E-state index in [-0.39, 0.29) is 15.3 Å². The predicted octanol–water partition coefficient (Wildman–Crippen LogP) is 2.62. The second-order valence-electron chi connectivity index (χ2n) is 4.28. The zero-order valence-electron chi connectivity index (χ0n) is 10.9. The molecule has 0 aliphatic carbocycles. The molecule has 0 fully saturated rings. The number of hydrogen-bond donors (Lipinski definition) is 2. The van der Waals surface area contributed by atoms with Crippen molar-refractivity contribution in [1.82, 2.24) is 4.72 Å². The molecule has 0 amide bonds. The number of hydrogen-bond acceptors (Lipinski definition) is 4. The molecule has 1 aromatic carbocycles. The molecule has 21 heavy (non-hydrogen) atoms. The van der Waals surface area contributed by atoms with Gasteiger partial charge < -0.3 is 5.11 Å². The number of benzene rings is 1. The van der Waals surface area contributed by atoms with Crippen LogP contribution in [0.5, 0.6) is 0 Å². The first kappa shape index (κ1) is 15.6. The molecule has 1 aromatic heterocycles. The summed E-state index contributed by atoms with van der Waals surface area (Å²) in [7, 11) is -4.04. The summed E-state index contributed by atoms with van der Waals surface area (Å²) in [4.78, 5) is 10.4. The molecule has 1 unspecified atom stereocenters. The Morgan fingerprint density at radius 2 is 2.00 bits per heavy atom. The predicted molar refractivity (Wildman–Crippen MR) is 76.4 cm³/mol. The fourth-order valence-corrected chi connectivity index (χ4v) is 4.33. The third kappa shape index (κ3) is 3.29. The lowest BCUT2D eigenvalue weighted by atomic mass is 10.1. The molecule has 1 heterocycles. The summed E-state index contributed by atoms with van der Waals surface area (Å²) >= 11 is 0.818. The smallest absolute Gasteiger partial charge is 0.347 e. The van der Waals surface area contributed by atoms with Crippen molar-refractivity contribution < 1.29 is 22.7 Å². The second kappa shape index (κ2) is 5.92. The highest BCUT2D eigenvalue weighted by Gasteiger charge is 2.26. The Hall–Kier alpha value is -1.77. The van der Waals surface area contributed by atoms with Gasteiger partial charge in [-0.05, 0) is 24.4 Å². The molecule has 5 nitrogen and oxygen atoms in total. The number of halogens is 1. The van der Waals surface area contributed by atoms with E-state index in [0.717, 1.165) is 11.3 Å². The average molecular weight is 329 g/mol. The Kier molecular flexibility index (Phi) is 4.40. The fourth-order valence-electron chi connectivity index (χ4n) is 1.85. The van der Waals surface area contributed by atoms with Crippen molar-refractivity contribution in [2.75, 3.05) is 0 Å². The van der Waals surface area contributed by atoms with Crippen LogP contribution in [0.4, 0.5) is 4.39 Å². The first-order chi connectivity index (χ1) is 9.83. The van der Waals surface area contributed by atoms with E-state index in [4.69, 9.17) is 5.11 Å². The Labute approximate surface area is 125 Å². The molecule has 2 rings (SSSR count). The summed E-state index contributed by atoms with van der Waals surface area (Å²) in [6, 6.07) is 6.18. The summed E-state index contributed by atoms with van der Waals surface area (Å²) in [5, 5.41) is 10.4. The van der Waals surface area contributed by atoms with E-state index < -0.39 is 27.9 Å². The van der Waals surface area contributed by atoms with Gasteiger partial charge in [-0.2, -0.15) is 0 Å². The first-order valence-corrected chi connectivity index (χ1v) is 8.26. The lowest BCUT2D eigenvalue weighted by Gasteiger charge is -2.15. The highest BCUT2D eigenvalue weighted by molar-refractivity contribution is 7.89. The first-order valence-electron chi connectivity index (χ1n) is 5.90. The molecular weight excluding hydrogens is 317 g/mol. The van der Waals surface area contributed by atoms with Crippen LogP contribution in [0.15, 0.2) is 40.6 Å². The van der Waals surface area contributed by atoms with Gasteiger partial charge in [0, 0.05) is 11.6 Å². The van der Waals surface area contributed by atoms with Gasteiger partial charge in [0.1, 0.15) is 15.6 Å².